The standard InChI is InChI=1S/C12H19FN2O/c1-8-6-9(13)7-10(12(8)16)11(15)4-2-3-5-14/h6-7,11,16H,2-5,14-15H2,1H3/t11-/m0/s1. The normalized spacial score (nSPS) is 12.8. The van der Waals surface area contributed by atoms with E-state index in [1.165, 1.54) is 12.1 Å². The fourth-order valence-corrected chi connectivity index (χ4v) is 1.71. The van der Waals surface area contributed by atoms with Gasteiger partial charge in [0.2, 0.25) is 0 Å². The molecule has 0 aliphatic carbocycles. The highest BCUT2D eigenvalue weighted by atomic mass is 19.1. The highest BCUT2D eigenvalue weighted by Crippen LogP contribution is 2.29. The highest BCUT2D eigenvalue weighted by molar-refractivity contribution is 5.41. The first-order valence-corrected chi connectivity index (χ1v) is 5.51. The van der Waals surface area contributed by atoms with Crippen molar-refractivity contribution < 1.29 is 9.50 Å². The molecule has 0 spiro atoms. The number of rotatable bonds is 5. The summed E-state index contributed by atoms with van der Waals surface area (Å²) in [6, 6.07) is 2.27. The van der Waals surface area contributed by atoms with Gasteiger partial charge in [-0.25, -0.2) is 4.39 Å². The zero-order valence-electron chi connectivity index (χ0n) is 9.54. The van der Waals surface area contributed by atoms with Crippen LogP contribution in [0.2, 0.25) is 0 Å². The first-order chi connectivity index (χ1) is 7.56. The lowest BCUT2D eigenvalue weighted by atomic mass is 9.98. The average Bonchev–Trinajstić information content (AvgIpc) is 2.23. The molecule has 90 valence electrons. The van der Waals surface area contributed by atoms with E-state index in [0.29, 0.717) is 24.1 Å². The molecule has 4 heteroatoms. The molecule has 0 saturated heterocycles. The van der Waals surface area contributed by atoms with Gasteiger partial charge in [-0.15, -0.1) is 0 Å². The van der Waals surface area contributed by atoms with Crippen LogP contribution in [-0.2, 0) is 0 Å². The topological polar surface area (TPSA) is 72.3 Å². The number of aryl methyl sites for hydroxylation is 1. The molecule has 0 aliphatic heterocycles. The summed E-state index contributed by atoms with van der Waals surface area (Å²) < 4.78 is 13.2. The third-order valence-corrected chi connectivity index (χ3v) is 2.66. The molecule has 0 unspecified atom stereocenters. The van der Waals surface area contributed by atoms with Crippen molar-refractivity contribution in [2.24, 2.45) is 11.5 Å². The van der Waals surface area contributed by atoms with E-state index < -0.39 is 0 Å². The van der Waals surface area contributed by atoms with Crippen molar-refractivity contribution in [3.05, 3.63) is 29.1 Å². The number of benzene rings is 1. The van der Waals surface area contributed by atoms with Crippen LogP contribution >= 0.6 is 0 Å². The zero-order chi connectivity index (χ0) is 12.1. The first-order valence-electron chi connectivity index (χ1n) is 5.51. The SMILES string of the molecule is Cc1cc(F)cc([C@@H](N)CCCCN)c1O. The fourth-order valence-electron chi connectivity index (χ4n) is 1.71. The quantitative estimate of drug-likeness (QED) is 0.672. The van der Waals surface area contributed by atoms with Crippen LogP contribution in [0.5, 0.6) is 5.75 Å². The number of unbranched alkanes of at least 4 members (excludes halogenated alkanes) is 1. The first kappa shape index (κ1) is 12.9. The lowest BCUT2D eigenvalue weighted by Crippen LogP contribution is -2.12. The number of phenolic OH excluding ortho intramolecular Hbond substituents is 1. The average molecular weight is 226 g/mol. The highest BCUT2D eigenvalue weighted by Gasteiger charge is 2.13. The summed E-state index contributed by atoms with van der Waals surface area (Å²) in [5.41, 5.74) is 12.3. The molecule has 3 nitrogen and oxygen atoms in total. The number of hydrogen-bond donors (Lipinski definition) is 3. The molecule has 0 heterocycles. The van der Waals surface area contributed by atoms with E-state index >= 15 is 0 Å². The summed E-state index contributed by atoms with van der Waals surface area (Å²) in [6.45, 7) is 2.29. The minimum absolute atomic E-state index is 0.0987. The van der Waals surface area contributed by atoms with Crippen LogP contribution in [0, 0.1) is 12.7 Å². The molecule has 0 aliphatic rings. The van der Waals surface area contributed by atoms with E-state index in [0.717, 1.165) is 12.8 Å². The summed E-state index contributed by atoms with van der Waals surface area (Å²) in [5, 5.41) is 9.78. The Labute approximate surface area is 95.3 Å². The number of hydrogen-bond acceptors (Lipinski definition) is 3. The van der Waals surface area contributed by atoms with E-state index in [1.54, 1.807) is 6.92 Å². The Balaban J connectivity index is 2.78. The lowest BCUT2D eigenvalue weighted by molar-refractivity contribution is 0.448. The maximum absolute atomic E-state index is 13.2. The van der Waals surface area contributed by atoms with Crippen molar-refractivity contribution in [1.82, 2.24) is 0 Å². The van der Waals surface area contributed by atoms with Crippen molar-refractivity contribution >= 4 is 0 Å². The third-order valence-electron chi connectivity index (χ3n) is 2.66. The van der Waals surface area contributed by atoms with Crippen molar-refractivity contribution in [1.29, 1.82) is 0 Å². The number of nitrogens with two attached hydrogens (primary N) is 2. The minimum Gasteiger partial charge on any atom is -0.507 e. The van der Waals surface area contributed by atoms with Crippen LogP contribution < -0.4 is 11.5 Å². The van der Waals surface area contributed by atoms with Gasteiger partial charge in [0.05, 0.1) is 0 Å². The van der Waals surface area contributed by atoms with Gasteiger partial charge in [-0.2, -0.15) is 0 Å². The molecule has 0 radical (unpaired) electrons. The van der Waals surface area contributed by atoms with Crippen molar-refractivity contribution in [3.63, 3.8) is 0 Å². The number of phenols is 1. The molecule has 1 aromatic rings. The molecule has 0 fully saturated rings. The molecular weight excluding hydrogens is 207 g/mol. The van der Waals surface area contributed by atoms with Crippen LogP contribution in [0.4, 0.5) is 4.39 Å². The Morgan fingerprint density at radius 3 is 2.69 bits per heavy atom. The smallest absolute Gasteiger partial charge is 0.124 e. The second-order valence-electron chi connectivity index (χ2n) is 4.05. The Kier molecular flexibility index (Phi) is 4.71. The molecule has 0 aromatic heterocycles. The van der Waals surface area contributed by atoms with E-state index in [2.05, 4.69) is 0 Å². The van der Waals surface area contributed by atoms with E-state index in [-0.39, 0.29) is 17.6 Å². The van der Waals surface area contributed by atoms with Crippen LogP contribution in [0.3, 0.4) is 0 Å². The fraction of sp³-hybridized carbons (Fsp3) is 0.500. The van der Waals surface area contributed by atoms with Crippen LogP contribution in [-0.4, -0.2) is 11.7 Å². The monoisotopic (exact) mass is 226 g/mol. The Hall–Kier alpha value is -1.13. The maximum atomic E-state index is 13.2. The van der Waals surface area contributed by atoms with Crippen LogP contribution in [0.25, 0.3) is 0 Å². The van der Waals surface area contributed by atoms with Crippen LogP contribution in [0.15, 0.2) is 12.1 Å². The van der Waals surface area contributed by atoms with Gasteiger partial charge in [-0.1, -0.05) is 6.42 Å². The van der Waals surface area contributed by atoms with Gasteiger partial charge in [0, 0.05) is 11.6 Å². The largest absolute Gasteiger partial charge is 0.507 e. The van der Waals surface area contributed by atoms with Gasteiger partial charge in [0.1, 0.15) is 11.6 Å². The maximum Gasteiger partial charge on any atom is 0.124 e. The Morgan fingerprint density at radius 2 is 2.06 bits per heavy atom. The van der Waals surface area contributed by atoms with Gasteiger partial charge in [-0.05, 0) is 44.0 Å². The molecule has 0 amide bonds. The number of aromatic hydroxyl groups is 1. The van der Waals surface area contributed by atoms with Gasteiger partial charge < -0.3 is 16.6 Å². The van der Waals surface area contributed by atoms with Gasteiger partial charge in [0.25, 0.3) is 0 Å². The van der Waals surface area contributed by atoms with Crippen molar-refractivity contribution in [2.45, 2.75) is 32.2 Å². The minimum atomic E-state index is -0.362. The number of halogens is 1. The molecule has 0 bridgehead atoms. The van der Waals surface area contributed by atoms with E-state index in [4.69, 9.17) is 11.5 Å². The van der Waals surface area contributed by atoms with Gasteiger partial charge >= 0.3 is 0 Å². The van der Waals surface area contributed by atoms with E-state index in [9.17, 15) is 9.50 Å². The van der Waals surface area contributed by atoms with E-state index in [1.807, 2.05) is 0 Å². The van der Waals surface area contributed by atoms with Crippen LogP contribution in [0.1, 0.15) is 36.4 Å². The predicted octanol–water partition coefficient (Wildman–Crippen LogP) is 1.97. The summed E-state index contributed by atoms with van der Waals surface area (Å²) >= 11 is 0. The zero-order valence-corrected chi connectivity index (χ0v) is 9.54. The van der Waals surface area contributed by atoms with Crippen molar-refractivity contribution in [2.75, 3.05) is 6.54 Å². The van der Waals surface area contributed by atoms with Crippen molar-refractivity contribution in [3.8, 4) is 5.75 Å². The molecule has 0 saturated carbocycles. The predicted molar refractivity (Wildman–Crippen MR) is 62.6 cm³/mol. The molecule has 5 N–H and O–H groups in total. The molecule has 1 atom stereocenters. The Morgan fingerprint density at radius 1 is 1.38 bits per heavy atom. The third kappa shape index (κ3) is 3.18. The molecule has 1 rings (SSSR count). The summed E-state index contributed by atoms with van der Waals surface area (Å²) in [5.74, 6) is -0.263. The Bertz CT molecular complexity index is 355. The second kappa shape index (κ2) is 5.82. The lowest BCUT2D eigenvalue weighted by Gasteiger charge is -2.15. The molecular formula is C12H19FN2O. The summed E-state index contributed by atoms with van der Waals surface area (Å²) in [6.07, 6.45) is 2.48. The molecule has 1 aromatic carbocycles. The van der Waals surface area contributed by atoms with Gasteiger partial charge in [-0.3, -0.25) is 0 Å². The summed E-state index contributed by atoms with van der Waals surface area (Å²) in [7, 11) is 0. The summed E-state index contributed by atoms with van der Waals surface area (Å²) in [4.78, 5) is 0. The second-order valence-corrected chi connectivity index (χ2v) is 4.05. The van der Waals surface area contributed by atoms with Gasteiger partial charge in [0.15, 0.2) is 0 Å². The molecule has 16 heavy (non-hydrogen) atoms.